The van der Waals surface area contributed by atoms with Gasteiger partial charge < -0.3 is 14.8 Å². The first-order chi connectivity index (χ1) is 15.9. The Labute approximate surface area is 186 Å². The van der Waals surface area contributed by atoms with Crippen molar-refractivity contribution in [2.24, 2.45) is 0 Å². The van der Waals surface area contributed by atoms with E-state index >= 15 is 0 Å². The standard InChI is InChI=1S/C21H14F7N3O3/c22-12-3-4-16(15(6-12)20(23,24)25)33-9-11-2-1-10(5-17(11)34-21(26,27)28)13-7-18(32)30-19-14(13)8-29-31-19/h1-6,8,13H,7,9H2,(H2,29,30,31,32). The Hall–Kier alpha value is -3.77. The number of aromatic nitrogens is 2. The van der Waals surface area contributed by atoms with Crippen molar-refractivity contribution in [3.8, 4) is 11.5 Å². The quantitative estimate of drug-likeness (QED) is 0.463. The highest BCUT2D eigenvalue weighted by Gasteiger charge is 2.36. The number of rotatable bonds is 5. The number of hydrogen-bond donors (Lipinski definition) is 2. The van der Waals surface area contributed by atoms with E-state index in [0.717, 1.165) is 18.2 Å². The summed E-state index contributed by atoms with van der Waals surface area (Å²) >= 11 is 0. The minimum Gasteiger partial charge on any atom is -0.488 e. The number of hydrogen-bond acceptors (Lipinski definition) is 4. The van der Waals surface area contributed by atoms with E-state index in [4.69, 9.17) is 4.74 Å². The minimum atomic E-state index is -5.11. The summed E-state index contributed by atoms with van der Waals surface area (Å²) in [6.07, 6.45) is -8.63. The molecule has 3 aromatic rings. The van der Waals surface area contributed by atoms with Crippen molar-refractivity contribution in [1.82, 2.24) is 10.2 Å². The molecule has 1 aliphatic heterocycles. The lowest BCUT2D eigenvalue weighted by Crippen LogP contribution is -2.23. The fourth-order valence-electron chi connectivity index (χ4n) is 3.57. The molecule has 4 rings (SSSR count). The van der Waals surface area contributed by atoms with Crippen LogP contribution in [0.1, 0.15) is 34.6 Å². The van der Waals surface area contributed by atoms with Crippen LogP contribution in [0.2, 0.25) is 0 Å². The Morgan fingerprint density at radius 1 is 1.03 bits per heavy atom. The van der Waals surface area contributed by atoms with Crippen molar-refractivity contribution in [3.05, 3.63) is 70.7 Å². The molecule has 0 radical (unpaired) electrons. The Morgan fingerprint density at radius 2 is 1.79 bits per heavy atom. The summed E-state index contributed by atoms with van der Waals surface area (Å²) in [4.78, 5) is 12.0. The van der Waals surface area contributed by atoms with Gasteiger partial charge in [-0.2, -0.15) is 18.3 Å². The van der Waals surface area contributed by atoms with Crippen LogP contribution in [0.3, 0.4) is 0 Å². The number of benzene rings is 2. The summed E-state index contributed by atoms with van der Waals surface area (Å²) in [6.45, 7) is -0.734. The van der Waals surface area contributed by atoms with E-state index in [9.17, 15) is 35.5 Å². The van der Waals surface area contributed by atoms with Gasteiger partial charge in [0.1, 0.15) is 29.5 Å². The molecule has 0 saturated carbocycles. The number of halogens is 7. The van der Waals surface area contributed by atoms with E-state index in [-0.39, 0.29) is 23.9 Å². The van der Waals surface area contributed by atoms with Crippen molar-refractivity contribution < 1.29 is 45.0 Å². The van der Waals surface area contributed by atoms with E-state index < -0.39 is 53.9 Å². The maximum atomic E-state index is 13.3. The maximum absolute atomic E-state index is 13.3. The predicted molar refractivity (Wildman–Crippen MR) is 103 cm³/mol. The molecule has 1 amide bonds. The first-order valence-corrected chi connectivity index (χ1v) is 9.62. The Balaban J connectivity index is 1.66. The SMILES string of the molecule is O=C1CC(c2ccc(COc3ccc(F)cc3C(F)(F)F)c(OC(F)(F)F)c2)c2c[nH]nc2N1. The molecule has 0 aliphatic carbocycles. The largest absolute Gasteiger partial charge is 0.573 e. The number of carbonyl (C=O) groups excluding carboxylic acids is 1. The van der Waals surface area contributed by atoms with Crippen LogP contribution in [0.4, 0.5) is 36.6 Å². The van der Waals surface area contributed by atoms with Gasteiger partial charge in [-0.15, -0.1) is 13.2 Å². The van der Waals surface area contributed by atoms with Crippen molar-refractivity contribution in [3.63, 3.8) is 0 Å². The molecule has 1 aromatic heterocycles. The highest BCUT2D eigenvalue weighted by molar-refractivity contribution is 5.94. The maximum Gasteiger partial charge on any atom is 0.573 e. The average molecular weight is 489 g/mol. The van der Waals surface area contributed by atoms with Crippen LogP contribution >= 0.6 is 0 Å². The van der Waals surface area contributed by atoms with Crippen molar-refractivity contribution in [2.45, 2.75) is 31.5 Å². The normalized spacial score (nSPS) is 16.1. The number of fused-ring (bicyclic) bond motifs is 1. The van der Waals surface area contributed by atoms with Crippen molar-refractivity contribution in [2.75, 3.05) is 5.32 Å². The van der Waals surface area contributed by atoms with Gasteiger partial charge in [-0.1, -0.05) is 12.1 Å². The van der Waals surface area contributed by atoms with Gasteiger partial charge >= 0.3 is 12.5 Å². The summed E-state index contributed by atoms with van der Waals surface area (Å²) in [7, 11) is 0. The number of anilines is 1. The predicted octanol–water partition coefficient (Wildman–Crippen LogP) is 5.52. The average Bonchev–Trinajstić information content (AvgIpc) is 3.19. The first-order valence-electron chi connectivity index (χ1n) is 9.62. The molecule has 6 nitrogen and oxygen atoms in total. The fraction of sp³-hybridized carbons (Fsp3) is 0.238. The molecular formula is C21H14F7N3O3. The molecule has 0 bridgehead atoms. The van der Waals surface area contributed by atoms with Crippen LogP contribution < -0.4 is 14.8 Å². The number of H-pyrrole nitrogens is 1. The molecule has 2 N–H and O–H groups in total. The molecule has 34 heavy (non-hydrogen) atoms. The van der Waals surface area contributed by atoms with Gasteiger partial charge in [0.2, 0.25) is 5.91 Å². The summed E-state index contributed by atoms with van der Waals surface area (Å²) in [6, 6.07) is 5.34. The summed E-state index contributed by atoms with van der Waals surface area (Å²) < 4.78 is 101. The second kappa shape index (κ2) is 8.54. The van der Waals surface area contributed by atoms with Crippen LogP contribution in [0.25, 0.3) is 0 Å². The van der Waals surface area contributed by atoms with Gasteiger partial charge in [0, 0.05) is 29.7 Å². The summed E-state index contributed by atoms with van der Waals surface area (Å²) in [5, 5.41) is 8.98. The molecule has 0 fully saturated rings. The summed E-state index contributed by atoms with van der Waals surface area (Å²) in [5.41, 5.74) is -0.796. The van der Waals surface area contributed by atoms with E-state index in [1.54, 1.807) is 0 Å². The first kappa shape index (κ1) is 23.4. The highest BCUT2D eigenvalue weighted by Crippen LogP contribution is 2.40. The third-order valence-corrected chi connectivity index (χ3v) is 5.04. The lowest BCUT2D eigenvalue weighted by atomic mass is 9.87. The van der Waals surface area contributed by atoms with E-state index in [0.29, 0.717) is 11.1 Å². The molecule has 1 atom stereocenters. The van der Waals surface area contributed by atoms with Gasteiger partial charge in [0.25, 0.3) is 0 Å². The number of nitrogens with zero attached hydrogens (tertiary/aromatic N) is 1. The molecule has 0 spiro atoms. The van der Waals surface area contributed by atoms with Crippen molar-refractivity contribution in [1.29, 1.82) is 0 Å². The number of aromatic amines is 1. The second-order valence-corrected chi connectivity index (χ2v) is 7.34. The summed E-state index contributed by atoms with van der Waals surface area (Å²) in [5.74, 6) is -3.42. The van der Waals surface area contributed by atoms with Gasteiger partial charge in [-0.3, -0.25) is 9.89 Å². The zero-order valence-electron chi connectivity index (χ0n) is 16.9. The van der Waals surface area contributed by atoms with Gasteiger partial charge in [0.15, 0.2) is 5.82 Å². The van der Waals surface area contributed by atoms with Crippen LogP contribution in [0, 0.1) is 5.82 Å². The number of ether oxygens (including phenoxy) is 2. The zero-order valence-corrected chi connectivity index (χ0v) is 16.9. The lowest BCUT2D eigenvalue weighted by molar-refractivity contribution is -0.275. The minimum absolute atomic E-state index is 0.0711. The number of carbonyl (C=O) groups is 1. The zero-order chi connectivity index (χ0) is 24.7. The number of nitrogens with one attached hydrogen (secondary N) is 2. The number of alkyl halides is 6. The number of amides is 1. The lowest BCUT2D eigenvalue weighted by Gasteiger charge is -2.23. The van der Waals surface area contributed by atoms with E-state index in [1.807, 2.05) is 0 Å². The van der Waals surface area contributed by atoms with Crippen LogP contribution in [0.5, 0.6) is 11.5 Å². The molecule has 1 aliphatic rings. The van der Waals surface area contributed by atoms with Gasteiger partial charge in [-0.25, -0.2) is 4.39 Å². The van der Waals surface area contributed by atoms with Gasteiger partial charge in [0.05, 0.1) is 0 Å². The monoisotopic (exact) mass is 489 g/mol. The third-order valence-electron chi connectivity index (χ3n) is 5.04. The molecule has 0 saturated heterocycles. The highest BCUT2D eigenvalue weighted by atomic mass is 19.4. The van der Waals surface area contributed by atoms with E-state index in [2.05, 4.69) is 20.3 Å². The molecule has 1 unspecified atom stereocenters. The molecular weight excluding hydrogens is 475 g/mol. The fourth-order valence-corrected chi connectivity index (χ4v) is 3.57. The molecule has 2 aromatic carbocycles. The third kappa shape index (κ3) is 5.07. The van der Waals surface area contributed by atoms with E-state index in [1.165, 1.54) is 18.3 Å². The van der Waals surface area contributed by atoms with Crippen LogP contribution in [0.15, 0.2) is 42.6 Å². The van der Waals surface area contributed by atoms with Crippen LogP contribution in [-0.4, -0.2) is 22.5 Å². The molecule has 180 valence electrons. The molecule has 13 heteroatoms. The van der Waals surface area contributed by atoms with Crippen molar-refractivity contribution >= 4 is 11.7 Å². The second-order valence-electron chi connectivity index (χ2n) is 7.34. The Kier molecular flexibility index (Phi) is 5.87. The molecule has 2 heterocycles. The van der Waals surface area contributed by atoms with Crippen LogP contribution in [-0.2, 0) is 17.6 Å². The topological polar surface area (TPSA) is 76.2 Å². The van der Waals surface area contributed by atoms with Gasteiger partial charge in [-0.05, 0) is 29.8 Å². The Bertz CT molecular complexity index is 1220. The Morgan fingerprint density at radius 3 is 2.50 bits per heavy atom. The smallest absolute Gasteiger partial charge is 0.488 e.